The molecule has 7 heteroatoms. The normalized spacial score (nSPS) is 10.8. The Morgan fingerprint density at radius 3 is 2.35 bits per heavy atom. The third-order valence-corrected chi connectivity index (χ3v) is 5.90. The van der Waals surface area contributed by atoms with Gasteiger partial charge in [-0.05, 0) is 72.8 Å². The highest BCUT2D eigenvalue weighted by Gasteiger charge is 2.16. The molecule has 0 fully saturated rings. The van der Waals surface area contributed by atoms with Gasteiger partial charge in [0.05, 0.1) is 24.8 Å². The second kappa shape index (κ2) is 9.37. The van der Waals surface area contributed by atoms with Crippen molar-refractivity contribution in [2.45, 2.75) is 5.16 Å². The van der Waals surface area contributed by atoms with Gasteiger partial charge in [0.15, 0.2) is 10.9 Å². The zero-order valence-corrected chi connectivity index (χ0v) is 18.2. The lowest BCUT2D eigenvalue weighted by molar-refractivity contribution is 0.102. The van der Waals surface area contributed by atoms with Crippen molar-refractivity contribution in [3.05, 3.63) is 95.4 Å². The minimum Gasteiger partial charge on any atom is -0.497 e. The Morgan fingerprint density at radius 2 is 1.71 bits per heavy atom. The van der Waals surface area contributed by atoms with Crippen LogP contribution in [0.5, 0.6) is 5.75 Å². The summed E-state index contributed by atoms with van der Waals surface area (Å²) in [7, 11) is 1.59. The number of ketones is 1. The minimum atomic E-state index is -0.305. The number of ether oxygens (including phenoxy) is 1. The highest BCUT2D eigenvalue weighted by atomic mass is 35.5. The SMILES string of the molecule is COc1ccc(C(=O)CSc2ncc(-c3ccc(F)cc3)n2-c2ccc(Cl)cc2)cc1. The van der Waals surface area contributed by atoms with Gasteiger partial charge in [-0.15, -0.1) is 0 Å². The van der Waals surface area contributed by atoms with Gasteiger partial charge in [-0.1, -0.05) is 23.4 Å². The summed E-state index contributed by atoms with van der Waals surface area (Å²) in [5, 5.41) is 1.28. The van der Waals surface area contributed by atoms with E-state index in [1.807, 2.05) is 16.7 Å². The maximum Gasteiger partial charge on any atom is 0.173 e. The Balaban J connectivity index is 1.64. The van der Waals surface area contributed by atoms with Crippen LogP contribution in [0, 0.1) is 5.82 Å². The molecule has 0 atom stereocenters. The number of rotatable bonds is 7. The molecule has 4 rings (SSSR count). The molecule has 0 radical (unpaired) electrons. The minimum absolute atomic E-state index is 0.0124. The molecule has 0 amide bonds. The number of imidazole rings is 1. The van der Waals surface area contributed by atoms with E-state index < -0.39 is 0 Å². The van der Waals surface area contributed by atoms with E-state index in [2.05, 4.69) is 4.98 Å². The fourth-order valence-electron chi connectivity index (χ4n) is 3.09. The predicted molar refractivity (Wildman–Crippen MR) is 122 cm³/mol. The van der Waals surface area contributed by atoms with Crippen molar-refractivity contribution in [1.82, 2.24) is 9.55 Å². The lowest BCUT2D eigenvalue weighted by Crippen LogP contribution is -2.05. The zero-order valence-electron chi connectivity index (χ0n) is 16.6. The van der Waals surface area contributed by atoms with Gasteiger partial charge in [0.25, 0.3) is 0 Å². The van der Waals surface area contributed by atoms with Crippen molar-refractivity contribution in [1.29, 1.82) is 0 Å². The molecule has 3 aromatic carbocycles. The largest absolute Gasteiger partial charge is 0.497 e. The van der Waals surface area contributed by atoms with Crippen LogP contribution in [0.3, 0.4) is 0 Å². The van der Waals surface area contributed by atoms with Gasteiger partial charge in [0, 0.05) is 21.8 Å². The summed E-state index contributed by atoms with van der Waals surface area (Å²) in [6.45, 7) is 0. The van der Waals surface area contributed by atoms with Gasteiger partial charge in [0.2, 0.25) is 0 Å². The monoisotopic (exact) mass is 452 g/mol. The summed E-state index contributed by atoms with van der Waals surface area (Å²) in [4.78, 5) is 17.2. The molecule has 0 bridgehead atoms. The van der Waals surface area contributed by atoms with E-state index in [9.17, 15) is 9.18 Å². The van der Waals surface area contributed by atoms with Crippen LogP contribution in [0.4, 0.5) is 4.39 Å². The number of hydrogen-bond donors (Lipinski definition) is 0. The summed E-state index contributed by atoms with van der Waals surface area (Å²) < 4.78 is 20.5. The van der Waals surface area contributed by atoms with E-state index in [0.717, 1.165) is 16.9 Å². The number of nitrogens with zero attached hydrogens (tertiary/aromatic N) is 2. The van der Waals surface area contributed by atoms with Crippen molar-refractivity contribution in [3.8, 4) is 22.7 Å². The number of hydrogen-bond acceptors (Lipinski definition) is 4. The van der Waals surface area contributed by atoms with Crippen molar-refractivity contribution in [3.63, 3.8) is 0 Å². The molecule has 0 saturated heterocycles. The van der Waals surface area contributed by atoms with E-state index in [4.69, 9.17) is 16.3 Å². The number of Topliss-reactive ketones (excluding diaryl/α,β-unsaturated/α-hetero) is 1. The topological polar surface area (TPSA) is 44.1 Å². The summed E-state index contributed by atoms with van der Waals surface area (Å²) >= 11 is 7.40. The summed E-state index contributed by atoms with van der Waals surface area (Å²) in [5.41, 5.74) is 3.07. The van der Waals surface area contributed by atoms with Crippen molar-refractivity contribution < 1.29 is 13.9 Å². The molecular formula is C24H18ClFN2O2S. The molecule has 0 unspecified atom stereocenters. The Morgan fingerprint density at radius 1 is 1.03 bits per heavy atom. The molecule has 4 nitrogen and oxygen atoms in total. The van der Waals surface area contributed by atoms with Gasteiger partial charge in [-0.25, -0.2) is 9.37 Å². The summed E-state index contributed by atoms with van der Waals surface area (Å²) in [5.74, 6) is 0.605. The number of halogens is 2. The number of methoxy groups -OCH3 is 1. The first-order valence-corrected chi connectivity index (χ1v) is 10.8. The molecule has 0 N–H and O–H groups in total. The van der Waals surface area contributed by atoms with Crippen LogP contribution < -0.4 is 4.74 Å². The highest BCUT2D eigenvalue weighted by molar-refractivity contribution is 7.99. The number of thioether (sulfide) groups is 1. The fraction of sp³-hybridized carbons (Fsp3) is 0.0833. The van der Waals surface area contributed by atoms with Crippen LogP contribution in [0.1, 0.15) is 10.4 Å². The quantitative estimate of drug-likeness (QED) is 0.243. The average molecular weight is 453 g/mol. The lowest BCUT2D eigenvalue weighted by Gasteiger charge is -2.12. The molecule has 0 aliphatic heterocycles. The summed E-state index contributed by atoms with van der Waals surface area (Å²) in [6.07, 6.45) is 1.72. The fourth-order valence-corrected chi connectivity index (χ4v) is 4.10. The van der Waals surface area contributed by atoms with Crippen molar-refractivity contribution in [2.24, 2.45) is 0 Å². The molecule has 4 aromatic rings. The average Bonchev–Trinajstić information content (AvgIpc) is 3.22. The first-order chi connectivity index (χ1) is 15.0. The van der Waals surface area contributed by atoms with Crippen molar-refractivity contribution >= 4 is 29.1 Å². The molecule has 31 heavy (non-hydrogen) atoms. The van der Waals surface area contributed by atoms with Gasteiger partial charge >= 0.3 is 0 Å². The smallest absolute Gasteiger partial charge is 0.173 e. The highest BCUT2D eigenvalue weighted by Crippen LogP contribution is 2.31. The molecule has 0 aliphatic rings. The Labute approximate surface area is 188 Å². The summed E-state index contributed by atoms with van der Waals surface area (Å²) in [6, 6.07) is 20.6. The Kier molecular flexibility index (Phi) is 6.39. The first kappa shape index (κ1) is 21.2. The van der Waals surface area contributed by atoms with Crippen LogP contribution in [-0.4, -0.2) is 28.2 Å². The molecule has 1 aromatic heterocycles. The van der Waals surface area contributed by atoms with E-state index in [-0.39, 0.29) is 17.4 Å². The second-order valence-corrected chi connectivity index (χ2v) is 8.06. The third-order valence-electron chi connectivity index (χ3n) is 4.70. The third kappa shape index (κ3) is 4.81. The second-order valence-electron chi connectivity index (χ2n) is 6.69. The van der Waals surface area contributed by atoms with Crippen molar-refractivity contribution in [2.75, 3.05) is 12.9 Å². The van der Waals surface area contributed by atoms with E-state index in [1.54, 1.807) is 61.8 Å². The molecule has 0 saturated carbocycles. The maximum atomic E-state index is 13.4. The van der Waals surface area contributed by atoms with Gasteiger partial charge in [0.1, 0.15) is 11.6 Å². The van der Waals surface area contributed by atoms with Crippen LogP contribution in [0.2, 0.25) is 5.02 Å². The maximum absolute atomic E-state index is 13.4. The zero-order chi connectivity index (χ0) is 21.8. The van der Waals surface area contributed by atoms with Crippen LogP contribution >= 0.6 is 23.4 Å². The lowest BCUT2D eigenvalue weighted by atomic mass is 10.1. The molecule has 156 valence electrons. The number of carbonyl (C=O) groups is 1. The number of aromatic nitrogens is 2. The van der Waals surface area contributed by atoms with E-state index >= 15 is 0 Å². The molecule has 0 aliphatic carbocycles. The van der Waals surface area contributed by atoms with Gasteiger partial charge in [-0.3, -0.25) is 9.36 Å². The molecule has 0 spiro atoms. The van der Waals surface area contributed by atoms with E-state index in [0.29, 0.717) is 21.5 Å². The van der Waals surface area contributed by atoms with Gasteiger partial charge < -0.3 is 4.74 Å². The first-order valence-electron chi connectivity index (χ1n) is 9.45. The van der Waals surface area contributed by atoms with Crippen LogP contribution in [-0.2, 0) is 0 Å². The molecular weight excluding hydrogens is 435 g/mol. The van der Waals surface area contributed by atoms with E-state index in [1.165, 1.54) is 23.9 Å². The Hall–Kier alpha value is -3.09. The Bertz CT molecular complexity index is 1190. The predicted octanol–water partition coefficient (Wildman–Crippen LogP) is 6.32. The van der Waals surface area contributed by atoms with Gasteiger partial charge in [-0.2, -0.15) is 0 Å². The van der Waals surface area contributed by atoms with Crippen LogP contribution in [0.15, 0.2) is 84.1 Å². The molecule has 1 heterocycles. The van der Waals surface area contributed by atoms with Crippen LogP contribution in [0.25, 0.3) is 16.9 Å². The number of benzene rings is 3. The standard InChI is InChI=1S/C24H18ClFN2O2S/c1-30-21-12-4-17(5-13-21)23(29)15-31-24-27-14-22(16-2-8-19(26)9-3-16)28(24)20-10-6-18(25)7-11-20/h2-14H,15H2,1H3. The number of carbonyl (C=O) groups excluding carboxylic acids is 1.